The fourth-order valence-electron chi connectivity index (χ4n) is 10.8. The lowest BCUT2D eigenvalue weighted by Crippen LogP contribution is -2.49. The Balaban J connectivity index is 1.41. The quantitative estimate of drug-likeness (QED) is 0.185. The molecule has 2 aromatic heterocycles. The lowest BCUT2D eigenvalue weighted by Gasteiger charge is -2.53. The van der Waals surface area contributed by atoms with Crippen molar-refractivity contribution in [2.45, 2.75) is 31.1 Å². The van der Waals surface area contributed by atoms with E-state index in [9.17, 15) is 0 Å². The van der Waals surface area contributed by atoms with Gasteiger partial charge in [-0.3, -0.25) is 0 Å². The van der Waals surface area contributed by atoms with E-state index in [2.05, 4.69) is 130 Å². The molecule has 0 radical (unpaired) electrons. The summed E-state index contributed by atoms with van der Waals surface area (Å²) in [5, 5.41) is 5.50. The molecule has 8 aromatic rings. The zero-order chi connectivity index (χ0) is 29.0. The number of nitrogens with zero attached hydrogens (tertiary/aromatic N) is 2. The minimum Gasteiger partial charge on any atom is -0.308 e. The Bertz CT molecular complexity index is 2620. The molecule has 3 unspecified atom stereocenters. The summed E-state index contributed by atoms with van der Waals surface area (Å²) in [6.45, 7) is 0. The molecule has 2 nitrogen and oxygen atoms in total. The van der Waals surface area contributed by atoms with Gasteiger partial charge in [0.1, 0.15) is 0 Å². The van der Waals surface area contributed by atoms with Gasteiger partial charge in [-0.15, -0.1) is 0 Å². The van der Waals surface area contributed by atoms with E-state index in [4.69, 9.17) is 0 Å². The predicted molar refractivity (Wildman–Crippen MR) is 185 cm³/mol. The molecule has 2 aliphatic heterocycles. The lowest BCUT2D eigenvalue weighted by atomic mass is 9.52. The third-order valence-electron chi connectivity index (χ3n) is 12.2. The van der Waals surface area contributed by atoms with Crippen molar-refractivity contribution in [3.05, 3.63) is 144 Å². The highest BCUT2D eigenvalue weighted by molar-refractivity contribution is 6.16. The van der Waals surface area contributed by atoms with Crippen molar-refractivity contribution in [1.82, 2.24) is 9.13 Å². The van der Waals surface area contributed by atoms with Gasteiger partial charge >= 0.3 is 0 Å². The fraction of sp³-hybridized carbons (Fsp3) is 0.163. The normalized spacial score (nSPS) is 22.0. The summed E-state index contributed by atoms with van der Waals surface area (Å²) in [5.74, 6) is 1.28. The van der Waals surface area contributed by atoms with Crippen LogP contribution in [0.5, 0.6) is 0 Å². The maximum atomic E-state index is 2.67. The predicted octanol–water partition coefficient (Wildman–Crippen LogP) is 10.5. The molecule has 0 N–H and O–H groups in total. The molecule has 212 valence electrons. The van der Waals surface area contributed by atoms with Gasteiger partial charge in [-0.05, 0) is 83.2 Å². The Kier molecular flexibility index (Phi) is 4.02. The number of benzene rings is 6. The maximum absolute atomic E-state index is 2.67. The zero-order valence-corrected chi connectivity index (χ0v) is 24.9. The SMILES string of the molecule is c1ccc(-c2cc3c4c(c2)-n2c5ccccc5c5ccc6c(c52)C4(c2cccc4c5ccccc5n-3c24)C2CCCC2C6)cc1. The molecule has 0 amide bonds. The molecule has 1 spiro atoms. The van der Waals surface area contributed by atoms with Gasteiger partial charge in [-0.2, -0.15) is 0 Å². The van der Waals surface area contributed by atoms with E-state index in [1.165, 1.54) is 103 Å². The van der Waals surface area contributed by atoms with Crippen LogP contribution in [0.15, 0.2) is 121 Å². The number of hydrogen-bond donors (Lipinski definition) is 0. The number of para-hydroxylation sites is 3. The van der Waals surface area contributed by atoms with Gasteiger partial charge in [-0.1, -0.05) is 103 Å². The van der Waals surface area contributed by atoms with Crippen LogP contribution >= 0.6 is 0 Å². The molecule has 1 fully saturated rings. The highest BCUT2D eigenvalue weighted by Gasteiger charge is 2.59. The van der Waals surface area contributed by atoms with E-state index in [-0.39, 0.29) is 5.41 Å². The molecule has 1 saturated carbocycles. The Morgan fingerprint density at radius 3 is 1.98 bits per heavy atom. The van der Waals surface area contributed by atoms with E-state index < -0.39 is 0 Å². The van der Waals surface area contributed by atoms with Gasteiger partial charge in [0.15, 0.2) is 0 Å². The van der Waals surface area contributed by atoms with Gasteiger partial charge < -0.3 is 9.13 Å². The molecular weight excluding hydrogens is 544 g/mol. The van der Waals surface area contributed by atoms with Crippen LogP contribution in [-0.4, -0.2) is 9.13 Å². The first kappa shape index (κ1) is 23.3. The van der Waals surface area contributed by atoms with Crippen LogP contribution in [0.3, 0.4) is 0 Å². The Morgan fingerprint density at radius 2 is 1.20 bits per heavy atom. The molecule has 2 heteroatoms. The molecule has 0 bridgehead atoms. The smallest absolute Gasteiger partial charge is 0.0588 e. The molecule has 2 aliphatic carbocycles. The largest absolute Gasteiger partial charge is 0.308 e. The van der Waals surface area contributed by atoms with Crippen molar-refractivity contribution in [2.24, 2.45) is 11.8 Å². The molecule has 12 rings (SSSR count). The van der Waals surface area contributed by atoms with Gasteiger partial charge in [0, 0.05) is 27.1 Å². The average Bonchev–Trinajstić information content (AvgIpc) is 3.80. The number of aromatic nitrogens is 2. The van der Waals surface area contributed by atoms with Crippen LogP contribution in [-0.2, 0) is 11.8 Å². The van der Waals surface area contributed by atoms with Gasteiger partial charge in [0.05, 0.1) is 38.9 Å². The Morgan fingerprint density at radius 1 is 0.533 bits per heavy atom. The van der Waals surface area contributed by atoms with Gasteiger partial charge in [-0.25, -0.2) is 0 Å². The summed E-state index contributed by atoms with van der Waals surface area (Å²) < 4.78 is 5.31. The lowest BCUT2D eigenvalue weighted by molar-refractivity contribution is 0.260. The van der Waals surface area contributed by atoms with Crippen molar-refractivity contribution in [1.29, 1.82) is 0 Å². The number of fused-ring (bicyclic) bond motifs is 9. The minimum absolute atomic E-state index is 0.178. The molecule has 3 atom stereocenters. The number of hydrogen-bond acceptors (Lipinski definition) is 0. The average molecular weight is 575 g/mol. The van der Waals surface area contributed by atoms with Crippen LogP contribution < -0.4 is 0 Å². The van der Waals surface area contributed by atoms with Crippen molar-refractivity contribution >= 4 is 43.6 Å². The monoisotopic (exact) mass is 574 g/mol. The molecule has 4 aliphatic rings. The van der Waals surface area contributed by atoms with Crippen molar-refractivity contribution in [2.75, 3.05) is 0 Å². The van der Waals surface area contributed by atoms with E-state index >= 15 is 0 Å². The summed E-state index contributed by atoms with van der Waals surface area (Å²) in [6, 6.07) is 46.5. The van der Waals surface area contributed by atoms with E-state index in [0.29, 0.717) is 11.8 Å². The summed E-state index contributed by atoms with van der Waals surface area (Å²) in [7, 11) is 0. The summed E-state index contributed by atoms with van der Waals surface area (Å²) >= 11 is 0. The van der Waals surface area contributed by atoms with Gasteiger partial charge in [0.25, 0.3) is 0 Å². The zero-order valence-electron chi connectivity index (χ0n) is 24.9. The number of rotatable bonds is 1. The molecule has 4 heterocycles. The van der Waals surface area contributed by atoms with Gasteiger partial charge in [0.2, 0.25) is 0 Å². The molecular formula is C43H30N2. The second kappa shape index (κ2) is 7.76. The fourth-order valence-corrected chi connectivity index (χ4v) is 10.8. The van der Waals surface area contributed by atoms with Crippen molar-refractivity contribution in [3.63, 3.8) is 0 Å². The second-order valence-corrected chi connectivity index (χ2v) is 14.0. The topological polar surface area (TPSA) is 9.86 Å². The van der Waals surface area contributed by atoms with Crippen LogP contribution in [0.1, 0.15) is 41.5 Å². The van der Waals surface area contributed by atoms with Crippen molar-refractivity contribution < 1.29 is 0 Å². The maximum Gasteiger partial charge on any atom is 0.0588 e. The highest BCUT2D eigenvalue weighted by Crippen LogP contribution is 2.67. The van der Waals surface area contributed by atoms with Crippen LogP contribution in [0, 0.1) is 11.8 Å². The standard InChI is InChI=1S/C43H30N2/c1-2-10-25(11-3-1)28-23-37-40-38(24-28)45-36-19-7-5-14-30(36)32-21-20-27-22-26-12-8-16-33(26)43(40,39(27)42(32)45)34-17-9-15-31-29-13-4-6-18-35(29)44(37)41(31)34/h1-7,9-11,13-15,17-21,23-24,26,33H,8,12,16,22H2. The first-order chi connectivity index (χ1) is 22.3. The summed E-state index contributed by atoms with van der Waals surface area (Å²) in [5.41, 5.74) is 16.8. The molecule has 6 aromatic carbocycles. The van der Waals surface area contributed by atoms with Crippen molar-refractivity contribution in [3.8, 4) is 22.5 Å². The minimum atomic E-state index is -0.178. The third-order valence-corrected chi connectivity index (χ3v) is 12.2. The van der Waals surface area contributed by atoms with E-state index in [0.717, 1.165) is 0 Å². The summed E-state index contributed by atoms with van der Waals surface area (Å²) in [6.07, 6.45) is 5.14. The second-order valence-electron chi connectivity index (χ2n) is 14.0. The first-order valence-electron chi connectivity index (χ1n) is 16.7. The first-order valence-corrected chi connectivity index (χ1v) is 16.7. The Labute approximate surface area is 261 Å². The highest BCUT2D eigenvalue weighted by atomic mass is 15.1. The van der Waals surface area contributed by atoms with Crippen LogP contribution in [0.4, 0.5) is 0 Å². The van der Waals surface area contributed by atoms with E-state index in [1.807, 2.05) is 0 Å². The van der Waals surface area contributed by atoms with Crippen LogP contribution in [0.25, 0.3) is 66.1 Å². The molecule has 0 saturated heterocycles. The molecule has 45 heavy (non-hydrogen) atoms. The summed E-state index contributed by atoms with van der Waals surface area (Å²) in [4.78, 5) is 0. The Hall–Kier alpha value is -5.08. The van der Waals surface area contributed by atoms with Crippen LogP contribution in [0.2, 0.25) is 0 Å². The third kappa shape index (κ3) is 2.49. The van der Waals surface area contributed by atoms with E-state index in [1.54, 1.807) is 11.1 Å².